The van der Waals surface area contributed by atoms with E-state index in [0.29, 0.717) is 5.82 Å². The van der Waals surface area contributed by atoms with E-state index in [9.17, 15) is 0 Å². The smallest absolute Gasteiger partial charge is 0.221 e. The van der Waals surface area contributed by atoms with Crippen LogP contribution in [0.2, 0.25) is 0 Å². The first-order valence-electron chi connectivity index (χ1n) is 8.30. The maximum atomic E-state index is 5.84. The van der Waals surface area contributed by atoms with Crippen LogP contribution in [0.1, 0.15) is 16.7 Å². The molecule has 0 aliphatic rings. The molecule has 0 unspecified atom stereocenters. The van der Waals surface area contributed by atoms with Crippen LogP contribution in [-0.2, 0) is 0 Å². The van der Waals surface area contributed by atoms with Crippen molar-refractivity contribution in [3.8, 4) is 11.1 Å². The number of benzene rings is 2. The van der Waals surface area contributed by atoms with Gasteiger partial charge in [-0.05, 0) is 49.6 Å². The summed E-state index contributed by atoms with van der Waals surface area (Å²) < 4.78 is 0. The van der Waals surface area contributed by atoms with Crippen molar-refractivity contribution in [2.24, 2.45) is 0 Å². The highest BCUT2D eigenvalue weighted by molar-refractivity contribution is 5.86. The molecule has 26 heavy (non-hydrogen) atoms. The maximum Gasteiger partial charge on any atom is 0.221 e. The molecule has 0 fully saturated rings. The second kappa shape index (κ2) is 6.11. The van der Waals surface area contributed by atoms with Gasteiger partial charge in [-0.2, -0.15) is 4.98 Å². The highest BCUT2D eigenvalue weighted by Gasteiger charge is 2.13. The summed E-state index contributed by atoms with van der Waals surface area (Å²) in [6.45, 7) is 6.24. The number of nitrogen functional groups attached to an aromatic ring is 1. The molecule has 0 saturated heterocycles. The third-order valence-corrected chi connectivity index (χ3v) is 4.36. The number of rotatable bonds is 3. The molecular formula is C19H19N7. The molecule has 7 heteroatoms. The quantitative estimate of drug-likeness (QED) is 0.523. The molecule has 0 saturated carbocycles. The fourth-order valence-corrected chi connectivity index (χ4v) is 3.21. The summed E-state index contributed by atoms with van der Waals surface area (Å²) in [5.41, 5.74) is 13.9. The van der Waals surface area contributed by atoms with Crippen molar-refractivity contribution in [1.82, 2.24) is 25.4 Å². The Labute approximate surface area is 150 Å². The topological polar surface area (TPSA) is 105 Å². The van der Waals surface area contributed by atoms with Crippen LogP contribution in [-0.4, -0.2) is 25.4 Å². The Morgan fingerprint density at radius 3 is 2.58 bits per heavy atom. The van der Waals surface area contributed by atoms with Gasteiger partial charge in [0.1, 0.15) is 11.3 Å². The molecule has 0 aliphatic heterocycles. The predicted molar refractivity (Wildman–Crippen MR) is 103 cm³/mol. The van der Waals surface area contributed by atoms with Gasteiger partial charge in [0.2, 0.25) is 5.95 Å². The van der Waals surface area contributed by atoms with Gasteiger partial charge in [0.05, 0.1) is 5.52 Å². The van der Waals surface area contributed by atoms with Gasteiger partial charge in [0.25, 0.3) is 0 Å². The lowest BCUT2D eigenvalue weighted by molar-refractivity contribution is 0.959. The largest absolute Gasteiger partial charge is 0.368 e. The van der Waals surface area contributed by atoms with Crippen LogP contribution < -0.4 is 11.1 Å². The number of nitrogens with two attached hydrogens (primary N) is 1. The first kappa shape index (κ1) is 16.0. The number of nitrogens with one attached hydrogen (secondary N) is 2. The van der Waals surface area contributed by atoms with Gasteiger partial charge < -0.3 is 11.1 Å². The molecule has 130 valence electrons. The van der Waals surface area contributed by atoms with Gasteiger partial charge in [0, 0.05) is 17.4 Å². The Morgan fingerprint density at radius 2 is 1.81 bits per heavy atom. The standard InChI is InChI=1S/C19H19N7/c1-10-6-11(2)17(12(3)7-10)22-18-14(9-21-19(20)23-18)13-4-5-15-16(8-13)25-26-24-15/h4-9H,1-3H3,(H,24,25,26)(H3,20,21,22,23). The number of aromatic amines is 1. The van der Waals surface area contributed by atoms with E-state index in [0.717, 1.165) is 39.0 Å². The second-order valence-corrected chi connectivity index (χ2v) is 6.43. The third kappa shape index (κ3) is 2.83. The third-order valence-electron chi connectivity index (χ3n) is 4.36. The van der Waals surface area contributed by atoms with E-state index in [1.165, 1.54) is 5.56 Å². The Hall–Kier alpha value is -3.48. The molecule has 4 N–H and O–H groups in total. The van der Waals surface area contributed by atoms with Crippen molar-refractivity contribution in [1.29, 1.82) is 0 Å². The molecular weight excluding hydrogens is 326 g/mol. The van der Waals surface area contributed by atoms with E-state index < -0.39 is 0 Å². The molecule has 0 spiro atoms. The van der Waals surface area contributed by atoms with E-state index in [4.69, 9.17) is 5.73 Å². The van der Waals surface area contributed by atoms with Gasteiger partial charge in [-0.3, -0.25) is 5.10 Å². The van der Waals surface area contributed by atoms with Crippen molar-refractivity contribution in [3.05, 3.63) is 53.2 Å². The number of H-pyrrole nitrogens is 1. The lowest BCUT2D eigenvalue weighted by Gasteiger charge is -2.16. The van der Waals surface area contributed by atoms with Crippen molar-refractivity contribution < 1.29 is 0 Å². The molecule has 7 nitrogen and oxygen atoms in total. The van der Waals surface area contributed by atoms with Gasteiger partial charge in [-0.1, -0.05) is 29.0 Å². The van der Waals surface area contributed by atoms with Gasteiger partial charge in [-0.25, -0.2) is 4.98 Å². The summed E-state index contributed by atoms with van der Waals surface area (Å²) in [6, 6.07) is 10.2. The fraction of sp³-hybridized carbons (Fsp3) is 0.158. The van der Waals surface area contributed by atoms with Crippen molar-refractivity contribution >= 4 is 28.5 Å². The average Bonchev–Trinajstić information content (AvgIpc) is 3.06. The SMILES string of the molecule is Cc1cc(C)c(Nc2nc(N)ncc2-c2ccc3[nH]nnc3c2)c(C)c1. The minimum absolute atomic E-state index is 0.223. The van der Waals surface area contributed by atoms with E-state index >= 15 is 0 Å². The Morgan fingerprint density at radius 1 is 1.04 bits per heavy atom. The predicted octanol–water partition coefficient (Wildman–Crippen LogP) is 3.67. The molecule has 2 heterocycles. The first-order valence-corrected chi connectivity index (χ1v) is 8.30. The number of hydrogen-bond acceptors (Lipinski definition) is 6. The van der Waals surface area contributed by atoms with Crippen LogP contribution >= 0.6 is 0 Å². The maximum absolute atomic E-state index is 5.84. The summed E-state index contributed by atoms with van der Waals surface area (Å²) in [6.07, 6.45) is 1.73. The van der Waals surface area contributed by atoms with Crippen molar-refractivity contribution in [2.45, 2.75) is 20.8 Å². The van der Waals surface area contributed by atoms with Crippen LogP contribution in [0, 0.1) is 20.8 Å². The zero-order valence-electron chi connectivity index (χ0n) is 14.8. The van der Waals surface area contributed by atoms with Crippen molar-refractivity contribution in [2.75, 3.05) is 11.1 Å². The molecule has 4 aromatic rings. The minimum Gasteiger partial charge on any atom is -0.368 e. The summed E-state index contributed by atoms with van der Waals surface area (Å²) in [5.74, 6) is 0.886. The van der Waals surface area contributed by atoms with E-state index in [2.05, 4.69) is 63.6 Å². The zero-order chi connectivity index (χ0) is 18.3. The number of anilines is 3. The van der Waals surface area contributed by atoms with E-state index in [1.54, 1.807) is 6.20 Å². The fourth-order valence-electron chi connectivity index (χ4n) is 3.21. The molecule has 0 radical (unpaired) electrons. The lowest BCUT2D eigenvalue weighted by Crippen LogP contribution is -2.04. The molecule has 0 bridgehead atoms. The van der Waals surface area contributed by atoms with E-state index in [1.807, 2.05) is 18.2 Å². The highest BCUT2D eigenvalue weighted by atomic mass is 15.3. The summed E-state index contributed by atoms with van der Waals surface area (Å²) in [7, 11) is 0. The number of hydrogen-bond donors (Lipinski definition) is 3. The monoisotopic (exact) mass is 345 g/mol. The first-order chi connectivity index (χ1) is 12.5. The number of nitrogens with zero attached hydrogens (tertiary/aromatic N) is 4. The van der Waals surface area contributed by atoms with Gasteiger partial charge in [-0.15, -0.1) is 5.10 Å². The van der Waals surface area contributed by atoms with E-state index in [-0.39, 0.29) is 5.95 Å². The molecule has 0 atom stereocenters. The van der Waals surface area contributed by atoms with Gasteiger partial charge >= 0.3 is 0 Å². The van der Waals surface area contributed by atoms with Gasteiger partial charge in [0.15, 0.2) is 0 Å². The van der Waals surface area contributed by atoms with Crippen LogP contribution in [0.25, 0.3) is 22.2 Å². The van der Waals surface area contributed by atoms with Crippen molar-refractivity contribution in [3.63, 3.8) is 0 Å². The average molecular weight is 345 g/mol. The van der Waals surface area contributed by atoms with Crippen LogP contribution in [0.4, 0.5) is 17.5 Å². The second-order valence-electron chi connectivity index (χ2n) is 6.43. The molecule has 2 aromatic carbocycles. The summed E-state index contributed by atoms with van der Waals surface area (Å²) >= 11 is 0. The van der Waals surface area contributed by atoms with Crippen LogP contribution in [0.5, 0.6) is 0 Å². The number of aromatic nitrogens is 5. The Kier molecular flexibility index (Phi) is 3.76. The lowest BCUT2D eigenvalue weighted by atomic mass is 10.0. The normalized spacial score (nSPS) is 11.0. The Balaban J connectivity index is 1.83. The molecule has 2 aromatic heterocycles. The molecule has 4 rings (SSSR count). The summed E-state index contributed by atoms with van der Waals surface area (Å²) in [4.78, 5) is 8.60. The number of aryl methyl sites for hydroxylation is 3. The molecule has 0 amide bonds. The number of fused-ring (bicyclic) bond motifs is 1. The Bertz CT molecular complexity index is 1090. The highest BCUT2D eigenvalue weighted by Crippen LogP contribution is 2.32. The summed E-state index contributed by atoms with van der Waals surface area (Å²) in [5, 5.41) is 14.2. The zero-order valence-corrected chi connectivity index (χ0v) is 14.8. The molecule has 0 aliphatic carbocycles. The minimum atomic E-state index is 0.223. The van der Waals surface area contributed by atoms with Crippen LogP contribution in [0.3, 0.4) is 0 Å². The van der Waals surface area contributed by atoms with Crippen LogP contribution in [0.15, 0.2) is 36.5 Å².